The van der Waals surface area contributed by atoms with Gasteiger partial charge in [-0.25, -0.2) is 13.4 Å². The molecule has 0 aliphatic heterocycles. The van der Waals surface area contributed by atoms with Crippen LogP contribution in [0.2, 0.25) is 0 Å². The molecule has 146 valence electrons. The monoisotopic (exact) mass is 391 g/mol. The van der Waals surface area contributed by atoms with Crippen molar-refractivity contribution in [3.05, 3.63) is 29.1 Å². The summed E-state index contributed by atoms with van der Waals surface area (Å²) in [6.45, 7) is 1.71. The van der Waals surface area contributed by atoms with Crippen LogP contribution in [0.25, 0.3) is 0 Å². The maximum atomic E-state index is 12.7. The molecule has 0 spiro atoms. The van der Waals surface area contributed by atoms with E-state index in [0.29, 0.717) is 17.4 Å². The summed E-state index contributed by atoms with van der Waals surface area (Å²) in [5, 5.41) is 3.86. The Morgan fingerprint density at radius 3 is 2.63 bits per heavy atom. The molecule has 3 aliphatic carbocycles. The number of sulfone groups is 1. The average molecular weight is 391 g/mol. The minimum atomic E-state index is -3.23. The van der Waals surface area contributed by atoms with Crippen molar-refractivity contribution >= 4 is 15.7 Å². The quantitative estimate of drug-likeness (QED) is 0.765. The molecule has 0 aromatic carbocycles. The first-order valence-electron chi connectivity index (χ1n) is 9.51. The summed E-state index contributed by atoms with van der Waals surface area (Å²) < 4.78 is 28.6. The molecule has 7 nitrogen and oxygen atoms in total. The van der Waals surface area contributed by atoms with Gasteiger partial charge in [0.25, 0.3) is 5.91 Å². The summed E-state index contributed by atoms with van der Waals surface area (Å²) in [5.41, 5.74) is 0.305. The van der Waals surface area contributed by atoms with Crippen LogP contribution in [0.5, 0.6) is 5.88 Å². The number of amides is 1. The summed E-state index contributed by atoms with van der Waals surface area (Å²) in [5.74, 6) is 2.67. The van der Waals surface area contributed by atoms with Gasteiger partial charge < -0.3 is 10.1 Å². The van der Waals surface area contributed by atoms with Gasteiger partial charge in [-0.3, -0.25) is 4.79 Å². The summed E-state index contributed by atoms with van der Waals surface area (Å²) in [6.07, 6.45) is 9.72. The van der Waals surface area contributed by atoms with Gasteiger partial charge in [0.1, 0.15) is 17.5 Å². The highest BCUT2D eigenvalue weighted by Gasteiger charge is 2.47. The Morgan fingerprint density at radius 1 is 1.30 bits per heavy atom. The third-order valence-electron chi connectivity index (χ3n) is 5.41. The number of hydrogen-bond donors (Lipinski definition) is 1. The van der Waals surface area contributed by atoms with Gasteiger partial charge in [0.2, 0.25) is 5.88 Å². The maximum Gasteiger partial charge on any atom is 0.258 e. The SMILES string of the molecule is C[C@@H](/C=C/S(C)(=O)=O)NC(=O)c1cnc(C2CC2)nc1OC1C[C@@H]2C[C@@H]2C1. The van der Waals surface area contributed by atoms with Gasteiger partial charge in [0.05, 0.1) is 0 Å². The Labute approximate surface area is 159 Å². The Bertz CT molecular complexity index is 869. The second kappa shape index (κ2) is 6.89. The van der Waals surface area contributed by atoms with E-state index in [-0.39, 0.29) is 12.0 Å². The molecule has 1 aromatic rings. The van der Waals surface area contributed by atoms with E-state index in [4.69, 9.17) is 4.74 Å². The van der Waals surface area contributed by atoms with Crippen LogP contribution in [-0.2, 0) is 9.84 Å². The van der Waals surface area contributed by atoms with Crippen LogP contribution in [0.3, 0.4) is 0 Å². The molecule has 1 aromatic heterocycles. The highest BCUT2D eigenvalue weighted by Crippen LogP contribution is 2.52. The highest BCUT2D eigenvalue weighted by molar-refractivity contribution is 7.93. The largest absolute Gasteiger partial charge is 0.474 e. The van der Waals surface area contributed by atoms with Crippen molar-refractivity contribution in [1.82, 2.24) is 15.3 Å². The van der Waals surface area contributed by atoms with Gasteiger partial charge in [0.15, 0.2) is 9.84 Å². The fourth-order valence-electron chi connectivity index (χ4n) is 3.67. The zero-order valence-corrected chi connectivity index (χ0v) is 16.4. The number of nitrogens with zero attached hydrogens (tertiary/aromatic N) is 2. The number of aromatic nitrogens is 2. The molecular formula is C19H25N3O4S. The summed E-state index contributed by atoms with van der Waals surface area (Å²) >= 11 is 0. The standard InChI is InChI=1S/C19H25N3O4S/c1-11(5-6-27(2,24)25)21-18(23)16-10-20-17(12-3-4-12)22-19(16)26-15-8-13-7-14(13)9-15/h5-6,10-15H,3-4,7-9H2,1-2H3,(H,21,23)/b6-5+/t11-,13-,14+,15?/m0/s1. The molecular weight excluding hydrogens is 366 g/mol. The number of hydrogen-bond acceptors (Lipinski definition) is 6. The lowest BCUT2D eigenvalue weighted by molar-refractivity contribution is 0.0936. The molecule has 4 rings (SSSR count). The third-order valence-corrected chi connectivity index (χ3v) is 6.06. The van der Waals surface area contributed by atoms with E-state index in [2.05, 4.69) is 15.3 Å². The normalized spacial score (nSPS) is 28.0. The minimum Gasteiger partial charge on any atom is -0.474 e. The molecule has 1 N–H and O–H groups in total. The van der Waals surface area contributed by atoms with Crippen molar-refractivity contribution in [1.29, 1.82) is 0 Å². The van der Waals surface area contributed by atoms with Crippen LogP contribution in [-0.4, -0.2) is 42.7 Å². The Hall–Kier alpha value is -1.96. The number of fused-ring (bicyclic) bond motifs is 1. The number of rotatable bonds is 7. The van der Waals surface area contributed by atoms with Crippen LogP contribution in [0.4, 0.5) is 0 Å². The molecule has 3 saturated carbocycles. The second-order valence-electron chi connectivity index (χ2n) is 8.11. The first-order valence-corrected chi connectivity index (χ1v) is 11.5. The van der Waals surface area contributed by atoms with Crippen LogP contribution >= 0.6 is 0 Å². The Kier molecular flexibility index (Phi) is 4.70. The van der Waals surface area contributed by atoms with Gasteiger partial charge in [0, 0.05) is 29.8 Å². The van der Waals surface area contributed by atoms with Gasteiger partial charge >= 0.3 is 0 Å². The van der Waals surface area contributed by atoms with Crippen molar-refractivity contribution in [3.63, 3.8) is 0 Å². The van der Waals surface area contributed by atoms with E-state index < -0.39 is 15.9 Å². The molecule has 4 atom stereocenters. The fourth-order valence-corrected chi connectivity index (χ4v) is 4.19. The van der Waals surface area contributed by atoms with E-state index in [1.165, 1.54) is 18.7 Å². The molecule has 1 unspecified atom stereocenters. The first-order chi connectivity index (χ1) is 12.8. The van der Waals surface area contributed by atoms with Crippen molar-refractivity contribution in [2.24, 2.45) is 11.8 Å². The number of nitrogens with one attached hydrogen (secondary N) is 1. The first kappa shape index (κ1) is 18.4. The van der Waals surface area contributed by atoms with E-state index in [9.17, 15) is 13.2 Å². The third kappa shape index (κ3) is 4.66. The van der Waals surface area contributed by atoms with Gasteiger partial charge in [-0.2, -0.15) is 4.98 Å². The lowest BCUT2D eigenvalue weighted by Crippen LogP contribution is -2.32. The summed E-state index contributed by atoms with van der Waals surface area (Å²) in [7, 11) is -3.23. The predicted octanol–water partition coefficient (Wildman–Crippen LogP) is 2.21. The second-order valence-corrected chi connectivity index (χ2v) is 10.0. The molecule has 27 heavy (non-hydrogen) atoms. The lowest BCUT2D eigenvalue weighted by atomic mass is 10.2. The predicted molar refractivity (Wildman–Crippen MR) is 100 cm³/mol. The molecule has 3 fully saturated rings. The topological polar surface area (TPSA) is 98.2 Å². The maximum absolute atomic E-state index is 12.7. The summed E-state index contributed by atoms with van der Waals surface area (Å²) in [6, 6.07) is -0.442. The van der Waals surface area contributed by atoms with Crippen molar-refractivity contribution in [2.45, 2.75) is 57.1 Å². The van der Waals surface area contributed by atoms with Crippen molar-refractivity contribution < 1.29 is 17.9 Å². The van der Waals surface area contributed by atoms with Crippen LogP contribution in [0.15, 0.2) is 17.7 Å². The lowest BCUT2D eigenvalue weighted by Gasteiger charge is -2.18. The highest BCUT2D eigenvalue weighted by atomic mass is 32.2. The van der Waals surface area contributed by atoms with Crippen LogP contribution in [0, 0.1) is 11.8 Å². The minimum absolute atomic E-state index is 0.116. The Balaban J connectivity index is 1.49. The molecule has 8 heteroatoms. The van der Waals surface area contributed by atoms with E-state index >= 15 is 0 Å². The van der Waals surface area contributed by atoms with E-state index in [1.54, 1.807) is 6.92 Å². The van der Waals surface area contributed by atoms with Gasteiger partial charge in [-0.1, -0.05) is 6.08 Å². The van der Waals surface area contributed by atoms with Crippen LogP contribution in [0.1, 0.15) is 61.1 Å². The molecule has 0 radical (unpaired) electrons. The van der Waals surface area contributed by atoms with Crippen LogP contribution < -0.4 is 10.1 Å². The Morgan fingerprint density at radius 2 is 2.00 bits per heavy atom. The average Bonchev–Trinajstić information content (AvgIpc) is 3.51. The van der Waals surface area contributed by atoms with Crippen molar-refractivity contribution in [2.75, 3.05) is 6.26 Å². The molecule has 3 aliphatic rings. The molecule has 1 amide bonds. The smallest absolute Gasteiger partial charge is 0.258 e. The fraction of sp³-hybridized carbons (Fsp3) is 0.632. The van der Waals surface area contributed by atoms with Gasteiger partial charge in [-0.15, -0.1) is 0 Å². The van der Waals surface area contributed by atoms with E-state index in [0.717, 1.165) is 55.0 Å². The summed E-state index contributed by atoms with van der Waals surface area (Å²) in [4.78, 5) is 21.6. The van der Waals surface area contributed by atoms with Crippen molar-refractivity contribution in [3.8, 4) is 5.88 Å². The zero-order chi connectivity index (χ0) is 19.2. The number of carbonyl (C=O) groups is 1. The number of ether oxygens (including phenoxy) is 1. The van der Waals surface area contributed by atoms with Gasteiger partial charge in [-0.05, 0) is 50.9 Å². The van der Waals surface area contributed by atoms with E-state index in [1.807, 2.05) is 0 Å². The zero-order valence-electron chi connectivity index (χ0n) is 15.6. The number of carbonyl (C=O) groups excluding carboxylic acids is 1. The molecule has 1 heterocycles. The molecule has 0 saturated heterocycles. The molecule has 0 bridgehead atoms.